The molecule has 3 N–H and O–H groups in total. The van der Waals surface area contributed by atoms with Crippen LogP contribution in [0.15, 0.2) is 18.2 Å². The molecule has 0 spiro atoms. The molecular formula is C16H26N2O3. The summed E-state index contributed by atoms with van der Waals surface area (Å²) < 4.78 is 11.3. The molecule has 1 aliphatic rings. The molecule has 0 bridgehead atoms. The van der Waals surface area contributed by atoms with Gasteiger partial charge in [0.2, 0.25) is 0 Å². The second-order valence-electron chi connectivity index (χ2n) is 6.24. The molecule has 1 aromatic carbocycles. The van der Waals surface area contributed by atoms with Gasteiger partial charge >= 0.3 is 0 Å². The number of hydrogen-bond acceptors (Lipinski definition) is 5. The molecule has 1 aromatic rings. The largest absolute Gasteiger partial charge is 0.496 e. The number of nitrogens with zero attached hydrogens (tertiary/aromatic N) is 1. The molecule has 1 heterocycles. The smallest absolute Gasteiger partial charge is 0.125 e. The van der Waals surface area contributed by atoms with E-state index in [1.165, 1.54) is 0 Å². The minimum Gasteiger partial charge on any atom is -0.496 e. The summed E-state index contributed by atoms with van der Waals surface area (Å²) in [4.78, 5) is 2.23. The SMILES string of the molecule is COc1cccc(N2CC(CO)OC(C)(C)C2)c1[C@H](C)N. The number of morpholine rings is 1. The van der Waals surface area contributed by atoms with E-state index in [2.05, 4.69) is 11.0 Å². The van der Waals surface area contributed by atoms with Crippen molar-refractivity contribution in [3.63, 3.8) is 0 Å². The molecular weight excluding hydrogens is 268 g/mol. The van der Waals surface area contributed by atoms with Crippen molar-refractivity contribution in [3.05, 3.63) is 23.8 Å². The molecule has 0 aliphatic carbocycles. The molecule has 2 rings (SSSR count). The van der Waals surface area contributed by atoms with Gasteiger partial charge in [-0.05, 0) is 32.9 Å². The maximum atomic E-state index is 9.47. The van der Waals surface area contributed by atoms with Crippen LogP contribution in [0.5, 0.6) is 5.75 Å². The van der Waals surface area contributed by atoms with E-state index < -0.39 is 0 Å². The Bertz CT molecular complexity index is 488. The zero-order valence-corrected chi connectivity index (χ0v) is 13.3. The number of rotatable bonds is 4. The van der Waals surface area contributed by atoms with Gasteiger partial charge < -0.3 is 25.2 Å². The van der Waals surface area contributed by atoms with Crippen LogP contribution in [-0.4, -0.2) is 43.6 Å². The average Bonchev–Trinajstić information content (AvgIpc) is 2.44. The summed E-state index contributed by atoms with van der Waals surface area (Å²) in [7, 11) is 1.66. The number of hydrogen-bond donors (Lipinski definition) is 2. The monoisotopic (exact) mass is 294 g/mol. The van der Waals surface area contributed by atoms with Crippen molar-refractivity contribution in [3.8, 4) is 5.75 Å². The number of methoxy groups -OCH3 is 1. The topological polar surface area (TPSA) is 68.0 Å². The Kier molecular flexibility index (Phi) is 4.76. The van der Waals surface area contributed by atoms with Gasteiger partial charge in [-0.1, -0.05) is 6.07 Å². The van der Waals surface area contributed by atoms with Gasteiger partial charge in [0.1, 0.15) is 5.75 Å². The lowest BCUT2D eigenvalue weighted by atomic mass is 10.00. The number of aliphatic hydroxyl groups is 1. The lowest BCUT2D eigenvalue weighted by Crippen LogP contribution is -2.54. The molecule has 21 heavy (non-hydrogen) atoms. The predicted molar refractivity (Wildman–Crippen MR) is 83.8 cm³/mol. The van der Waals surface area contributed by atoms with Crippen molar-refractivity contribution >= 4 is 5.69 Å². The fourth-order valence-electron chi connectivity index (χ4n) is 3.02. The lowest BCUT2D eigenvalue weighted by Gasteiger charge is -2.44. The van der Waals surface area contributed by atoms with Gasteiger partial charge in [0, 0.05) is 30.4 Å². The Morgan fingerprint density at radius 2 is 2.24 bits per heavy atom. The van der Waals surface area contributed by atoms with E-state index in [1.54, 1.807) is 7.11 Å². The summed E-state index contributed by atoms with van der Waals surface area (Å²) in [5.74, 6) is 0.798. The number of nitrogens with two attached hydrogens (primary N) is 1. The molecule has 1 aliphatic heterocycles. The van der Waals surface area contributed by atoms with Crippen molar-refractivity contribution in [2.24, 2.45) is 5.73 Å². The number of anilines is 1. The van der Waals surface area contributed by atoms with Gasteiger partial charge in [0.25, 0.3) is 0 Å². The second kappa shape index (κ2) is 6.22. The summed E-state index contributed by atoms with van der Waals surface area (Å²) in [6.07, 6.45) is -0.194. The van der Waals surface area contributed by atoms with Crippen LogP contribution in [0.25, 0.3) is 0 Å². The first kappa shape index (κ1) is 16.1. The molecule has 118 valence electrons. The van der Waals surface area contributed by atoms with Crippen LogP contribution in [0.4, 0.5) is 5.69 Å². The number of ether oxygens (including phenoxy) is 2. The molecule has 0 amide bonds. The Hall–Kier alpha value is -1.30. The van der Waals surface area contributed by atoms with Gasteiger partial charge in [-0.25, -0.2) is 0 Å². The average molecular weight is 294 g/mol. The van der Waals surface area contributed by atoms with Crippen molar-refractivity contribution in [2.75, 3.05) is 31.7 Å². The summed E-state index contributed by atoms with van der Waals surface area (Å²) >= 11 is 0. The number of benzene rings is 1. The Labute approximate surface area is 126 Å². The molecule has 0 radical (unpaired) electrons. The van der Waals surface area contributed by atoms with Crippen LogP contribution in [-0.2, 0) is 4.74 Å². The third kappa shape index (κ3) is 3.48. The van der Waals surface area contributed by atoms with Gasteiger partial charge in [-0.2, -0.15) is 0 Å². The predicted octanol–water partition coefficient (Wildman–Crippen LogP) is 1.69. The minimum absolute atomic E-state index is 0.0113. The zero-order valence-electron chi connectivity index (χ0n) is 13.3. The summed E-state index contributed by atoms with van der Waals surface area (Å²) in [6.45, 7) is 7.43. The zero-order chi connectivity index (χ0) is 15.6. The maximum absolute atomic E-state index is 9.47. The third-order valence-electron chi connectivity index (χ3n) is 3.74. The van der Waals surface area contributed by atoms with Crippen molar-refractivity contribution in [1.29, 1.82) is 0 Å². The first-order valence-corrected chi connectivity index (χ1v) is 7.34. The van der Waals surface area contributed by atoms with E-state index in [0.29, 0.717) is 6.54 Å². The molecule has 5 heteroatoms. The normalized spacial score (nSPS) is 23.0. The minimum atomic E-state index is -0.316. The van der Waals surface area contributed by atoms with E-state index in [0.717, 1.165) is 23.5 Å². The molecule has 1 saturated heterocycles. The fraction of sp³-hybridized carbons (Fsp3) is 0.625. The molecule has 1 fully saturated rings. The Balaban J connectivity index is 2.40. The Morgan fingerprint density at radius 1 is 1.52 bits per heavy atom. The van der Waals surface area contributed by atoms with Crippen LogP contribution in [0, 0.1) is 0 Å². The van der Waals surface area contributed by atoms with Crippen LogP contribution in [0.3, 0.4) is 0 Å². The molecule has 2 atom stereocenters. The molecule has 5 nitrogen and oxygen atoms in total. The van der Waals surface area contributed by atoms with E-state index in [9.17, 15) is 5.11 Å². The highest BCUT2D eigenvalue weighted by atomic mass is 16.5. The Morgan fingerprint density at radius 3 is 2.81 bits per heavy atom. The van der Waals surface area contributed by atoms with Crippen LogP contribution < -0.4 is 15.4 Å². The highest BCUT2D eigenvalue weighted by Crippen LogP contribution is 2.36. The standard InChI is InChI=1S/C16H26N2O3/c1-11(17)15-13(6-5-7-14(15)20-4)18-8-12(9-19)21-16(2,3)10-18/h5-7,11-12,19H,8-10,17H2,1-4H3/t11-,12?/m0/s1. The highest BCUT2D eigenvalue weighted by Gasteiger charge is 2.34. The van der Waals surface area contributed by atoms with Gasteiger partial charge in [-0.15, -0.1) is 0 Å². The van der Waals surface area contributed by atoms with Crippen LogP contribution >= 0.6 is 0 Å². The summed E-state index contributed by atoms with van der Waals surface area (Å²) in [6, 6.07) is 5.82. The first-order valence-electron chi connectivity index (χ1n) is 7.34. The van der Waals surface area contributed by atoms with Crippen molar-refractivity contribution < 1.29 is 14.6 Å². The molecule has 0 saturated carbocycles. The van der Waals surface area contributed by atoms with E-state index in [1.807, 2.05) is 32.9 Å². The second-order valence-corrected chi connectivity index (χ2v) is 6.24. The van der Waals surface area contributed by atoms with Crippen molar-refractivity contribution in [2.45, 2.75) is 38.5 Å². The van der Waals surface area contributed by atoms with Crippen LogP contribution in [0.2, 0.25) is 0 Å². The van der Waals surface area contributed by atoms with E-state index in [4.69, 9.17) is 15.2 Å². The van der Waals surface area contributed by atoms with E-state index in [-0.39, 0.29) is 24.4 Å². The van der Waals surface area contributed by atoms with Gasteiger partial charge in [0.05, 0.1) is 25.4 Å². The van der Waals surface area contributed by atoms with E-state index >= 15 is 0 Å². The molecule has 1 unspecified atom stereocenters. The van der Waals surface area contributed by atoms with Gasteiger partial charge in [0.15, 0.2) is 0 Å². The molecule has 0 aromatic heterocycles. The quantitative estimate of drug-likeness (QED) is 0.884. The summed E-state index contributed by atoms with van der Waals surface area (Å²) in [5, 5.41) is 9.47. The van der Waals surface area contributed by atoms with Crippen LogP contribution in [0.1, 0.15) is 32.4 Å². The highest BCUT2D eigenvalue weighted by molar-refractivity contribution is 5.61. The number of aliphatic hydroxyl groups excluding tert-OH is 1. The maximum Gasteiger partial charge on any atom is 0.125 e. The third-order valence-corrected chi connectivity index (χ3v) is 3.74. The first-order chi connectivity index (χ1) is 9.88. The fourth-order valence-corrected chi connectivity index (χ4v) is 3.02. The van der Waals surface area contributed by atoms with Crippen molar-refractivity contribution in [1.82, 2.24) is 0 Å². The lowest BCUT2D eigenvalue weighted by molar-refractivity contribution is -0.101. The van der Waals surface area contributed by atoms with Gasteiger partial charge in [-0.3, -0.25) is 0 Å². The summed E-state index contributed by atoms with van der Waals surface area (Å²) in [5.41, 5.74) is 7.88.